The Kier molecular flexibility index (Phi) is 7.11. The first-order valence-electron chi connectivity index (χ1n) is 5.77. The molecule has 0 spiro atoms. The third kappa shape index (κ3) is 5.95. The van der Waals surface area contributed by atoms with Crippen LogP contribution in [0, 0.1) is 0 Å². The van der Waals surface area contributed by atoms with Gasteiger partial charge in [0.25, 0.3) is 0 Å². The molecule has 0 aliphatic heterocycles. The summed E-state index contributed by atoms with van der Waals surface area (Å²) in [6, 6.07) is -1.05. The van der Waals surface area contributed by atoms with Crippen LogP contribution < -0.4 is 5.73 Å². The maximum Gasteiger partial charge on any atom is 0.338 e. The largest absolute Gasteiger partial charge is 0.457 e. The molecule has 20 heavy (non-hydrogen) atoms. The van der Waals surface area contributed by atoms with E-state index in [9.17, 15) is 19.5 Å². The molecule has 0 aliphatic rings. The highest BCUT2D eigenvalue weighted by atomic mass is 16.8. The fourth-order valence-corrected chi connectivity index (χ4v) is 0.946. The molecule has 0 bridgehead atoms. The Morgan fingerprint density at radius 2 is 1.70 bits per heavy atom. The second-order valence-electron chi connectivity index (χ2n) is 4.16. The van der Waals surface area contributed by atoms with Crippen LogP contribution in [0.5, 0.6) is 0 Å². The van der Waals surface area contributed by atoms with Crippen LogP contribution >= 0.6 is 0 Å². The van der Waals surface area contributed by atoms with Gasteiger partial charge in [-0.2, -0.15) is 0 Å². The molecule has 3 unspecified atom stereocenters. The highest BCUT2D eigenvalue weighted by molar-refractivity contribution is 5.77. The number of carbonyl (C=O) groups excluding carboxylic acids is 3. The van der Waals surface area contributed by atoms with Crippen molar-refractivity contribution in [1.82, 2.24) is 0 Å². The van der Waals surface area contributed by atoms with E-state index in [1.807, 2.05) is 0 Å². The molecule has 0 heterocycles. The third-order valence-corrected chi connectivity index (χ3v) is 2.02. The van der Waals surface area contributed by atoms with Crippen LogP contribution in [0.1, 0.15) is 20.8 Å². The van der Waals surface area contributed by atoms with Gasteiger partial charge in [0.15, 0.2) is 6.61 Å². The first-order chi connectivity index (χ1) is 9.13. The number of hydrogen-bond acceptors (Lipinski definition) is 9. The number of nitrogens with two attached hydrogens (primary N) is 1. The van der Waals surface area contributed by atoms with Crippen LogP contribution in [0.3, 0.4) is 0 Å². The summed E-state index contributed by atoms with van der Waals surface area (Å²) in [6.07, 6.45) is -1.52. The molecule has 0 amide bonds. The number of hydrogen-bond donors (Lipinski definition) is 3. The smallest absolute Gasteiger partial charge is 0.338 e. The minimum Gasteiger partial charge on any atom is -0.457 e. The minimum absolute atomic E-state index is 0.726. The van der Waals surface area contributed by atoms with Crippen molar-refractivity contribution in [3.8, 4) is 0 Å². The van der Waals surface area contributed by atoms with Gasteiger partial charge in [0.1, 0.15) is 18.8 Å². The highest BCUT2D eigenvalue weighted by Crippen LogP contribution is 2.16. The lowest BCUT2D eigenvalue weighted by atomic mass is 10.3. The van der Waals surface area contributed by atoms with E-state index < -0.39 is 49.1 Å². The third-order valence-electron chi connectivity index (χ3n) is 2.02. The number of rotatable bonds is 7. The molecule has 116 valence electrons. The van der Waals surface area contributed by atoms with Crippen LogP contribution in [-0.2, 0) is 28.6 Å². The molecule has 0 aliphatic carbocycles. The lowest BCUT2D eigenvalue weighted by molar-refractivity contribution is -0.259. The van der Waals surface area contributed by atoms with E-state index in [1.165, 1.54) is 6.92 Å². The summed E-state index contributed by atoms with van der Waals surface area (Å²) >= 11 is 0. The summed E-state index contributed by atoms with van der Waals surface area (Å²) in [5, 5.41) is 18.4. The molecular formula is C11H19NO8. The standard InChI is InChI=1S/C11H19NO8/c1-6(12)9(16)19-11(4-13,5-18-8(3)15)20-10(17)7(2)14/h6-7,13-14H,4-5,12H2,1-3H3. The summed E-state index contributed by atoms with van der Waals surface area (Å²) in [5.41, 5.74) is 5.29. The van der Waals surface area contributed by atoms with Gasteiger partial charge in [0.05, 0.1) is 0 Å². The highest BCUT2D eigenvalue weighted by Gasteiger charge is 2.41. The van der Waals surface area contributed by atoms with Gasteiger partial charge in [0.2, 0.25) is 0 Å². The molecule has 0 saturated heterocycles. The Hall–Kier alpha value is -1.71. The summed E-state index contributed by atoms with van der Waals surface area (Å²) in [5.74, 6) is -5.13. The molecule has 0 radical (unpaired) electrons. The van der Waals surface area contributed by atoms with Crippen LogP contribution in [0.4, 0.5) is 0 Å². The molecule has 9 nitrogen and oxygen atoms in total. The first-order valence-corrected chi connectivity index (χ1v) is 5.77. The Morgan fingerprint density at radius 3 is 2.05 bits per heavy atom. The Labute approximate surface area is 115 Å². The second kappa shape index (κ2) is 7.78. The maximum atomic E-state index is 11.5. The zero-order valence-corrected chi connectivity index (χ0v) is 11.5. The van der Waals surface area contributed by atoms with Gasteiger partial charge in [0, 0.05) is 6.92 Å². The summed E-state index contributed by atoms with van der Waals surface area (Å²) < 4.78 is 14.1. The molecule has 0 saturated carbocycles. The van der Waals surface area contributed by atoms with Crippen LogP contribution in [0.15, 0.2) is 0 Å². The van der Waals surface area contributed by atoms with E-state index in [0.717, 1.165) is 13.8 Å². The zero-order chi connectivity index (χ0) is 15.9. The summed E-state index contributed by atoms with van der Waals surface area (Å²) in [4.78, 5) is 33.6. The van der Waals surface area contributed by atoms with Crippen molar-refractivity contribution in [3.05, 3.63) is 0 Å². The number of aliphatic hydroxyl groups excluding tert-OH is 2. The molecule has 4 N–H and O–H groups in total. The number of carbonyl (C=O) groups is 3. The van der Waals surface area contributed by atoms with Gasteiger partial charge in [-0.3, -0.25) is 9.59 Å². The van der Waals surface area contributed by atoms with E-state index >= 15 is 0 Å². The predicted octanol–water partition coefficient (Wildman–Crippen LogP) is -1.95. The molecule has 0 fully saturated rings. The van der Waals surface area contributed by atoms with Crippen molar-refractivity contribution >= 4 is 17.9 Å². The number of ether oxygens (including phenoxy) is 3. The monoisotopic (exact) mass is 293 g/mol. The van der Waals surface area contributed by atoms with Gasteiger partial charge in [-0.1, -0.05) is 0 Å². The number of esters is 3. The van der Waals surface area contributed by atoms with Crippen molar-refractivity contribution in [2.45, 2.75) is 38.7 Å². The molecule has 3 atom stereocenters. The van der Waals surface area contributed by atoms with Crippen molar-refractivity contribution in [2.75, 3.05) is 13.2 Å². The van der Waals surface area contributed by atoms with Crippen LogP contribution in [-0.4, -0.2) is 59.3 Å². The first kappa shape index (κ1) is 18.3. The van der Waals surface area contributed by atoms with E-state index in [2.05, 4.69) is 4.74 Å². The van der Waals surface area contributed by atoms with E-state index in [0.29, 0.717) is 0 Å². The molecule has 0 aromatic rings. The number of aliphatic hydroxyl groups is 2. The van der Waals surface area contributed by atoms with Gasteiger partial charge in [-0.05, 0) is 13.8 Å². The molecular weight excluding hydrogens is 274 g/mol. The zero-order valence-electron chi connectivity index (χ0n) is 11.5. The van der Waals surface area contributed by atoms with Gasteiger partial charge in [-0.25, -0.2) is 4.79 Å². The lowest BCUT2D eigenvalue weighted by Gasteiger charge is -2.31. The quantitative estimate of drug-likeness (QED) is 0.360. The maximum absolute atomic E-state index is 11.5. The average molecular weight is 293 g/mol. The van der Waals surface area contributed by atoms with E-state index in [-0.39, 0.29) is 0 Å². The second-order valence-corrected chi connectivity index (χ2v) is 4.16. The molecule has 0 aromatic heterocycles. The van der Waals surface area contributed by atoms with Crippen LogP contribution in [0.25, 0.3) is 0 Å². The fraction of sp³-hybridized carbons (Fsp3) is 0.727. The SMILES string of the molecule is CC(=O)OCC(CO)(OC(=O)C(C)N)OC(=O)C(C)O. The van der Waals surface area contributed by atoms with E-state index in [4.69, 9.17) is 20.3 Å². The normalized spacial score (nSPS) is 16.5. The lowest BCUT2D eigenvalue weighted by Crippen LogP contribution is -2.51. The van der Waals surface area contributed by atoms with E-state index in [1.54, 1.807) is 0 Å². The van der Waals surface area contributed by atoms with Crippen molar-refractivity contribution in [2.24, 2.45) is 5.73 Å². The summed E-state index contributed by atoms with van der Waals surface area (Å²) in [6.45, 7) is 1.80. The Bertz CT molecular complexity index is 343. The topological polar surface area (TPSA) is 145 Å². The minimum atomic E-state index is -2.25. The molecule has 0 aromatic carbocycles. The van der Waals surface area contributed by atoms with Gasteiger partial charge >= 0.3 is 23.7 Å². The van der Waals surface area contributed by atoms with Crippen molar-refractivity contribution in [1.29, 1.82) is 0 Å². The Morgan fingerprint density at radius 1 is 1.20 bits per heavy atom. The average Bonchev–Trinajstić information content (AvgIpc) is 2.35. The van der Waals surface area contributed by atoms with Crippen LogP contribution in [0.2, 0.25) is 0 Å². The van der Waals surface area contributed by atoms with Crippen molar-refractivity contribution in [3.63, 3.8) is 0 Å². The van der Waals surface area contributed by atoms with Gasteiger partial charge < -0.3 is 30.2 Å². The van der Waals surface area contributed by atoms with Gasteiger partial charge in [-0.15, -0.1) is 0 Å². The Balaban J connectivity index is 5.10. The van der Waals surface area contributed by atoms with Crippen molar-refractivity contribution < 1.29 is 38.8 Å². The molecule has 9 heteroatoms. The predicted molar refractivity (Wildman–Crippen MR) is 64.0 cm³/mol. The summed E-state index contributed by atoms with van der Waals surface area (Å²) in [7, 11) is 0. The molecule has 0 rings (SSSR count). The fourth-order valence-electron chi connectivity index (χ4n) is 0.946.